The van der Waals surface area contributed by atoms with Gasteiger partial charge in [0.2, 0.25) is 5.91 Å². The molecular weight excluding hydrogens is 266 g/mol. The molecular formula is C17H15NOS. The van der Waals surface area contributed by atoms with Crippen LogP contribution in [0.4, 0.5) is 5.69 Å². The zero-order chi connectivity index (χ0) is 13.7. The van der Waals surface area contributed by atoms with Crippen LogP contribution in [0, 0.1) is 6.92 Å². The number of hydrogen-bond donors (Lipinski definition) is 0. The summed E-state index contributed by atoms with van der Waals surface area (Å²) in [5, 5.41) is 0. The lowest BCUT2D eigenvalue weighted by atomic mass is 10.0. The number of carbonyl (C=O) groups is 1. The van der Waals surface area contributed by atoms with E-state index >= 15 is 0 Å². The third-order valence-electron chi connectivity index (χ3n) is 4.18. The Balaban J connectivity index is 1.90. The van der Waals surface area contributed by atoms with Crippen molar-refractivity contribution in [2.24, 2.45) is 0 Å². The van der Waals surface area contributed by atoms with Crippen LogP contribution in [0.25, 0.3) is 0 Å². The van der Waals surface area contributed by atoms with Crippen molar-refractivity contribution in [1.29, 1.82) is 0 Å². The second kappa shape index (κ2) is 4.13. The summed E-state index contributed by atoms with van der Waals surface area (Å²) in [7, 11) is 0. The third-order valence-corrected chi connectivity index (χ3v) is 5.70. The quantitative estimate of drug-likeness (QED) is 0.785. The minimum atomic E-state index is -0.228. The maximum absolute atomic E-state index is 12.4. The second-order valence-corrected chi connectivity index (χ2v) is 6.77. The molecule has 0 aliphatic carbocycles. The van der Waals surface area contributed by atoms with Crippen LogP contribution in [0.5, 0.6) is 0 Å². The zero-order valence-electron chi connectivity index (χ0n) is 11.3. The molecule has 0 radical (unpaired) electrons. The summed E-state index contributed by atoms with van der Waals surface area (Å²) >= 11 is 1.82. The van der Waals surface area contributed by atoms with Gasteiger partial charge in [-0.3, -0.25) is 9.69 Å². The van der Waals surface area contributed by atoms with E-state index in [2.05, 4.69) is 43.3 Å². The molecule has 20 heavy (non-hydrogen) atoms. The molecule has 3 heteroatoms. The number of para-hydroxylation sites is 1. The topological polar surface area (TPSA) is 20.3 Å². The van der Waals surface area contributed by atoms with Crippen LogP contribution in [-0.2, 0) is 9.67 Å². The molecule has 4 rings (SSSR count). The van der Waals surface area contributed by atoms with Gasteiger partial charge in [0.05, 0.1) is 5.69 Å². The first-order chi connectivity index (χ1) is 9.71. The molecule has 0 aromatic heterocycles. The Labute approximate surface area is 122 Å². The minimum Gasteiger partial charge on any atom is -0.292 e. The molecule has 0 spiro atoms. The van der Waals surface area contributed by atoms with Gasteiger partial charge in [-0.15, -0.1) is 0 Å². The Morgan fingerprint density at radius 3 is 2.65 bits per heavy atom. The summed E-state index contributed by atoms with van der Waals surface area (Å²) in [6.07, 6.45) is 1.52. The average molecular weight is 281 g/mol. The van der Waals surface area contributed by atoms with Crippen molar-refractivity contribution < 1.29 is 4.79 Å². The fourth-order valence-corrected chi connectivity index (χ4v) is 4.71. The van der Waals surface area contributed by atoms with Gasteiger partial charge in [0.15, 0.2) is 0 Å². The Morgan fingerprint density at radius 1 is 1.10 bits per heavy atom. The Bertz CT molecular complexity index is 694. The standard InChI is InChI=1S/C17H15NOS/c1-12-6-8-13(9-7-12)17-11-10-16(19)18(17)14-4-2-3-5-15(14)20-17/h2-9H,10-11H2,1H3. The van der Waals surface area contributed by atoms with Crippen LogP contribution in [0.1, 0.15) is 24.0 Å². The summed E-state index contributed by atoms with van der Waals surface area (Å²) in [6.45, 7) is 2.09. The molecule has 2 aliphatic rings. The summed E-state index contributed by atoms with van der Waals surface area (Å²) in [5.74, 6) is 0.239. The fraction of sp³-hybridized carbons (Fsp3) is 0.235. The molecule has 2 aliphatic heterocycles. The van der Waals surface area contributed by atoms with Gasteiger partial charge in [0.25, 0.3) is 0 Å². The van der Waals surface area contributed by atoms with Crippen LogP contribution < -0.4 is 4.90 Å². The molecule has 2 heterocycles. The fourth-order valence-electron chi connectivity index (χ4n) is 3.18. The normalized spacial score (nSPS) is 23.9. The number of benzene rings is 2. The van der Waals surface area contributed by atoms with Crippen LogP contribution in [0.3, 0.4) is 0 Å². The Hall–Kier alpha value is -1.74. The number of hydrogen-bond acceptors (Lipinski definition) is 2. The smallest absolute Gasteiger partial charge is 0.228 e. The van der Waals surface area contributed by atoms with E-state index in [-0.39, 0.29) is 10.8 Å². The first kappa shape index (κ1) is 12.0. The van der Waals surface area contributed by atoms with Crippen LogP contribution in [0.15, 0.2) is 53.4 Å². The van der Waals surface area contributed by atoms with E-state index in [0.717, 1.165) is 12.1 Å². The van der Waals surface area contributed by atoms with Crippen molar-refractivity contribution >= 4 is 23.4 Å². The largest absolute Gasteiger partial charge is 0.292 e. The van der Waals surface area contributed by atoms with Crippen molar-refractivity contribution in [2.45, 2.75) is 29.5 Å². The highest BCUT2D eigenvalue weighted by Crippen LogP contribution is 2.60. The monoisotopic (exact) mass is 281 g/mol. The molecule has 1 atom stereocenters. The van der Waals surface area contributed by atoms with Gasteiger partial charge in [0, 0.05) is 11.3 Å². The molecule has 1 unspecified atom stereocenters. The molecule has 1 saturated heterocycles. The van der Waals surface area contributed by atoms with E-state index in [4.69, 9.17) is 0 Å². The van der Waals surface area contributed by atoms with E-state index in [9.17, 15) is 4.79 Å². The van der Waals surface area contributed by atoms with E-state index < -0.39 is 0 Å². The molecule has 100 valence electrons. The number of aryl methyl sites for hydroxylation is 1. The first-order valence-corrected chi connectivity index (χ1v) is 7.71. The van der Waals surface area contributed by atoms with Crippen molar-refractivity contribution in [1.82, 2.24) is 0 Å². The van der Waals surface area contributed by atoms with Gasteiger partial charge in [0.1, 0.15) is 4.87 Å². The molecule has 0 bridgehead atoms. The zero-order valence-corrected chi connectivity index (χ0v) is 12.1. The lowest BCUT2D eigenvalue weighted by Crippen LogP contribution is -2.37. The van der Waals surface area contributed by atoms with Gasteiger partial charge in [-0.2, -0.15) is 0 Å². The molecule has 0 N–H and O–H groups in total. The number of amides is 1. The molecule has 0 saturated carbocycles. The van der Waals surface area contributed by atoms with Gasteiger partial charge < -0.3 is 0 Å². The van der Waals surface area contributed by atoms with Crippen LogP contribution in [0.2, 0.25) is 0 Å². The third kappa shape index (κ3) is 1.50. The number of anilines is 1. The first-order valence-electron chi connectivity index (χ1n) is 6.89. The Morgan fingerprint density at radius 2 is 1.85 bits per heavy atom. The maximum Gasteiger partial charge on any atom is 0.228 e. The van der Waals surface area contributed by atoms with Gasteiger partial charge in [-0.05, 0) is 31.0 Å². The molecule has 1 amide bonds. The van der Waals surface area contributed by atoms with Gasteiger partial charge in [-0.25, -0.2) is 0 Å². The van der Waals surface area contributed by atoms with E-state index in [0.29, 0.717) is 6.42 Å². The highest BCUT2D eigenvalue weighted by molar-refractivity contribution is 8.01. The Kier molecular flexibility index (Phi) is 2.48. The van der Waals surface area contributed by atoms with Gasteiger partial charge >= 0.3 is 0 Å². The highest BCUT2D eigenvalue weighted by atomic mass is 32.2. The number of thioether (sulfide) groups is 1. The van der Waals surface area contributed by atoms with Crippen molar-refractivity contribution in [3.05, 3.63) is 59.7 Å². The number of fused-ring (bicyclic) bond motifs is 3. The second-order valence-electron chi connectivity index (χ2n) is 5.45. The highest BCUT2D eigenvalue weighted by Gasteiger charge is 2.53. The molecule has 2 aromatic rings. The van der Waals surface area contributed by atoms with E-state index in [1.165, 1.54) is 16.0 Å². The SMILES string of the molecule is Cc1ccc(C23CCC(=O)N2c2ccccc2S3)cc1. The molecule has 2 aromatic carbocycles. The number of nitrogens with zero attached hydrogens (tertiary/aromatic N) is 1. The average Bonchev–Trinajstić information content (AvgIpc) is 2.96. The molecule has 1 fully saturated rings. The van der Waals surface area contributed by atoms with Crippen LogP contribution >= 0.6 is 11.8 Å². The molecule has 2 nitrogen and oxygen atoms in total. The summed E-state index contributed by atoms with van der Waals surface area (Å²) < 4.78 is 0. The van der Waals surface area contributed by atoms with Crippen molar-refractivity contribution in [2.75, 3.05) is 4.90 Å². The van der Waals surface area contributed by atoms with E-state index in [1.54, 1.807) is 0 Å². The van der Waals surface area contributed by atoms with E-state index in [1.807, 2.05) is 28.8 Å². The number of rotatable bonds is 1. The minimum absolute atomic E-state index is 0.228. The van der Waals surface area contributed by atoms with Gasteiger partial charge in [-0.1, -0.05) is 53.7 Å². The summed E-state index contributed by atoms with van der Waals surface area (Å²) in [5.41, 5.74) is 3.55. The summed E-state index contributed by atoms with van der Waals surface area (Å²) in [4.78, 5) is 15.4. The predicted molar refractivity (Wildman–Crippen MR) is 81.9 cm³/mol. The van der Waals surface area contributed by atoms with Crippen molar-refractivity contribution in [3.63, 3.8) is 0 Å². The summed E-state index contributed by atoms with van der Waals surface area (Å²) in [6, 6.07) is 16.8. The predicted octanol–water partition coefficient (Wildman–Crippen LogP) is 4.08. The van der Waals surface area contributed by atoms with Crippen LogP contribution in [-0.4, -0.2) is 5.91 Å². The lowest BCUT2D eigenvalue weighted by Gasteiger charge is -2.31. The maximum atomic E-state index is 12.4. The number of carbonyl (C=O) groups excluding carboxylic acids is 1. The lowest BCUT2D eigenvalue weighted by molar-refractivity contribution is -0.117. The van der Waals surface area contributed by atoms with Crippen molar-refractivity contribution in [3.8, 4) is 0 Å².